The van der Waals surface area contributed by atoms with Gasteiger partial charge in [-0.1, -0.05) is 13.8 Å². The first-order chi connectivity index (χ1) is 11.3. The van der Waals surface area contributed by atoms with Crippen LogP contribution < -0.4 is 16.4 Å². The zero-order valence-electron chi connectivity index (χ0n) is 13.8. The van der Waals surface area contributed by atoms with E-state index in [1.165, 1.54) is 0 Å². The van der Waals surface area contributed by atoms with E-state index in [4.69, 9.17) is 15.2 Å². The summed E-state index contributed by atoms with van der Waals surface area (Å²) in [5.74, 6) is -1.04. The van der Waals surface area contributed by atoms with Gasteiger partial charge in [0.1, 0.15) is 6.61 Å². The van der Waals surface area contributed by atoms with Crippen molar-refractivity contribution in [3.8, 4) is 0 Å². The maximum Gasteiger partial charge on any atom is 0.368 e. The van der Waals surface area contributed by atoms with E-state index in [2.05, 4.69) is 10.6 Å². The van der Waals surface area contributed by atoms with Gasteiger partial charge in [0.25, 0.3) is 5.91 Å². The molecule has 0 spiro atoms. The highest BCUT2D eigenvalue weighted by Gasteiger charge is 2.40. The molecule has 0 radical (unpaired) electrons. The van der Waals surface area contributed by atoms with E-state index in [1.54, 1.807) is 13.8 Å². The van der Waals surface area contributed by atoms with E-state index in [9.17, 15) is 19.2 Å². The molecule has 1 atom stereocenters. The molecule has 0 bridgehead atoms. The van der Waals surface area contributed by atoms with Crippen LogP contribution in [0, 0.1) is 5.41 Å². The third kappa shape index (κ3) is 6.75. The molecule has 0 aromatic rings. The molecule has 1 saturated heterocycles. The normalized spacial score (nSPS) is 20.8. The zero-order valence-corrected chi connectivity index (χ0v) is 14.6. The Morgan fingerprint density at radius 1 is 1.33 bits per heavy atom. The van der Waals surface area contributed by atoms with Gasteiger partial charge in [-0.15, -0.1) is 0 Å². The Balaban J connectivity index is 2.83. The largest absolute Gasteiger partial charge is 0.464 e. The van der Waals surface area contributed by atoms with Crippen molar-refractivity contribution in [1.29, 1.82) is 0 Å². The second-order valence-corrected chi connectivity index (χ2v) is 6.87. The summed E-state index contributed by atoms with van der Waals surface area (Å²) in [6, 6.07) is 0. The summed E-state index contributed by atoms with van der Waals surface area (Å²) in [4.78, 5) is 47.0. The molecule has 136 valence electrons. The van der Waals surface area contributed by atoms with Gasteiger partial charge >= 0.3 is 11.3 Å². The van der Waals surface area contributed by atoms with Crippen molar-refractivity contribution in [2.75, 3.05) is 32.0 Å². The molecule has 1 aliphatic rings. The standard InChI is InChI=1S/C14H23N3O6S/c1-14(2,8-22-10(19)7-15)11-12(20)17-4-3-9(18)16-5-6-24-13(21)23-11/h11H,3-8,15H2,1-2H3,(H,16,18)(H,17,20)/t11-/m0/s1. The van der Waals surface area contributed by atoms with Crippen LogP contribution in [0.5, 0.6) is 0 Å². The number of carbonyl (C=O) groups excluding carboxylic acids is 4. The highest BCUT2D eigenvalue weighted by atomic mass is 32.2. The molecule has 1 fully saturated rings. The molecule has 1 rings (SSSR count). The number of cyclic esters (lactones) is 1. The molecule has 0 saturated carbocycles. The number of hydrogen-bond acceptors (Lipinski definition) is 8. The number of carbonyl (C=O) groups is 4. The molecule has 0 aromatic heterocycles. The lowest BCUT2D eigenvalue weighted by Crippen LogP contribution is -2.49. The number of hydrogen-bond donors (Lipinski definition) is 3. The van der Waals surface area contributed by atoms with Crippen molar-refractivity contribution in [2.45, 2.75) is 26.4 Å². The van der Waals surface area contributed by atoms with Crippen LogP contribution in [-0.2, 0) is 23.9 Å². The van der Waals surface area contributed by atoms with Crippen molar-refractivity contribution in [2.24, 2.45) is 11.1 Å². The van der Waals surface area contributed by atoms with Crippen molar-refractivity contribution in [3.63, 3.8) is 0 Å². The number of thioether (sulfide) groups is 1. The van der Waals surface area contributed by atoms with E-state index in [0.29, 0.717) is 12.3 Å². The second kappa shape index (κ2) is 9.48. The molecule has 0 unspecified atom stereocenters. The second-order valence-electron chi connectivity index (χ2n) is 5.84. The molecule has 0 aromatic carbocycles. The zero-order chi connectivity index (χ0) is 18.2. The number of esters is 1. The third-order valence-corrected chi connectivity index (χ3v) is 3.97. The summed E-state index contributed by atoms with van der Waals surface area (Å²) in [5, 5.41) is 4.55. The van der Waals surface area contributed by atoms with Crippen LogP contribution in [0.25, 0.3) is 0 Å². The molecule has 1 aliphatic heterocycles. The molecular formula is C14H23N3O6S. The first-order valence-corrected chi connectivity index (χ1v) is 8.48. The Morgan fingerprint density at radius 2 is 2.04 bits per heavy atom. The molecule has 1 heterocycles. The molecule has 4 N–H and O–H groups in total. The van der Waals surface area contributed by atoms with Crippen molar-refractivity contribution < 1.29 is 28.7 Å². The topological polar surface area (TPSA) is 137 Å². The van der Waals surface area contributed by atoms with Gasteiger partial charge in [0.2, 0.25) is 5.91 Å². The Labute approximate surface area is 144 Å². The highest BCUT2D eigenvalue weighted by Crippen LogP contribution is 2.26. The van der Waals surface area contributed by atoms with Gasteiger partial charge < -0.3 is 25.8 Å². The predicted octanol–water partition coefficient (Wildman–Crippen LogP) is -0.611. The third-order valence-electron chi connectivity index (χ3n) is 3.23. The van der Waals surface area contributed by atoms with Gasteiger partial charge in [-0.05, 0) is 11.8 Å². The Kier molecular flexibility index (Phi) is 7.99. The predicted molar refractivity (Wildman–Crippen MR) is 87.2 cm³/mol. The summed E-state index contributed by atoms with van der Waals surface area (Å²) in [6.07, 6.45) is -1.04. The monoisotopic (exact) mass is 361 g/mol. The SMILES string of the molecule is CC(C)(COC(=O)CN)[C@H]1OC(=O)SCCNC(=O)CCNC1=O. The van der Waals surface area contributed by atoms with Crippen LogP contribution in [0.1, 0.15) is 20.3 Å². The Bertz CT molecular complexity index is 497. The minimum Gasteiger partial charge on any atom is -0.464 e. The van der Waals surface area contributed by atoms with Gasteiger partial charge in [-0.2, -0.15) is 0 Å². The lowest BCUT2D eigenvalue weighted by atomic mass is 9.86. The summed E-state index contributed by atoms with van der Waals surface area (Å²) in [6.45, 7) is 3.30. The average molecular weight is 361 g/mol. The quantitative estimate of drug-likeness (QED) is 0.564. The van der Waals surface area contributed by atoms with Gasteiger partial charge in [0.05, 0.1) is 6.54 Å². The fraction of sp³-hybridized carbons (Fsp3) is 0.714. The maximum atomic E-state index is 12.3. The van der Waals surface area contributed by atoms with Crippen molar-refractivity contribution >= 4 is 34.8 Å². The minimum atomic E-state index is -1.16. The van der Waals surface area contributed by atoms with Crippen LogP contribution in [0.3, 0.4) is 0 Å². The van der Waals surface area contributed by atoms with Crippen LogP contribution >= 0.6 is 11.8 Å². The van der Waals surface area contributed by atoms with Gasteiger partial charge in [-0.25, -0.2) is 4.79 Å². The van der Waals surface area contributed by atoms with Gasteiger partial charge in [-0.3, -0.25) is 14.4 Å². The van der Waals surface area contributed by atoms with Gasteiger partial charge in [0, 0.05) is 30.7 Å². The molecule has 2 amide bonds. The summed E-state index contributed by atoms with van der Waals surface area (Å²) in [5.41, 5.74) is 4.22. The summed E-state index contributed by atoms with van der Waals surface area (Å²) < 4.78 is 10.2. The number of nitrogens with one attached hydrogen (secondary N) is 2. The number of nitrogens with two attached hydrogens (primary N) is 1. The first-order valence-electron chi connectivity index (χ1n) is 7.50. The van der Waals surface area contributed by atoms with Crippen LogP contribution in [0.4, 0.5) is 4.79 Å². The molecule has 24 heavy (non-hydrogen) atoms. The molecule has 10 heteroatoms. The average Bonchev–Trinajstić information content (AvgIpc) is 2.53. The van der Waals surface area contributed by atoms with Crippen molar-refractivity contribution in [1.82, 2.24) is 10.6 Å². The Morgan fingerprint density at radius 3 is 2.71 bits per heavy atom. The van der Waals surface area contributed by atoms with E-state index in [-0.39, 0.29) is 32.0 Å². The molecule has 9 nitrogen and oxygen atoms in total. The lowest BCUT2D eigenvalue weighted by Gasteiger charge is -2.32. The van der Waals surface area contributed by atoms with Crippen LogP contribution in [0.2, 0.25) is 0 Å². The van der Waals surface area contributed by atoms with E-state index in [0.717, 1.165) is 11.8 Å². The van der Waals surface area contributed by atoms with E-state index >= 15 is 0 Å². The Hall–Kier alpha value is -1.81. The fourth-order valence-corrected chi connectivity index (χ4v) is 2.44. The summed E-state index contributed by atoms with van der Waals surface area (Å²) >= 11 is 0.860. The fourth-order valence-electron chi connectivity index (χ4n) is 1.90. The van der Waals surface area contributed by atoms with E-state index in [1.807, 2.05) is 0 Å². The smallest absolute Gasteiger partial charge is 0.368 e. The number of rotatable bonds is 4. The minimum absolute atomic E-state index is 0.116. The lowest BCUT2D eigenvalue weighted by molar-refractivity contribution is -0.151. The maximum absolute atomic E-state index is 12.3. The number of ether oxygens (including phenoxy) is 2. The van der Waals surface area contributed by atoms with Crippen LogP contribution in [-0.4, -0.2) is 61.2 Å². The first kappa shape index (κ1) is 20.2. The van der Waals surface area contributed by atoms with Crippen molar-refractivity contribution in [3.05, 3.63) is 0 Å². The number of amides is 2. The van der Waals surface area contributed by atoms with Crippen LogP contribution in [0.15, 0.2) is 0 Å². The van der Waals surface area contributed by atoms with E-state index < -0.39 is 28.7 Å². The highest BCUT2D eigenvalue weighted by molar-refractivity contribution is 8.13. The molecule has 0 aliphatic carbocycles. The molecular weight excluding hydrogens is 338 g/mol. The van der Waals surface area contributed by atoms with Gasteiger partial charge in [0.15, 0.2) is 6.10 Å². The summed E-state index contributed by atoms with van der Waals surface area (Å²) in [7, 11) is 0.